The lowest BCUT2D eigenvalue weighted by molar-refractivity contribution is 0.122. The standard InChI is InChI=1S/C19H26N6O2/c1-26-18-14-16(2-4-20-18)15-23-6-8-24(9-7-23)17-3-5-21-19(22-17)25-10-12-27-13-11-25/h2-5,14H,6-13,15H2,1H3. The summed E-state index contributed by atoms with van der Waals surface area (Å²) in [6.07, 6.45) is 3.67. The maximum Gasteiger partial charge on any atom is 0.227 e. The van der Waals surface area contributed by atoms with E-state index in [0.717, 1.165) is 70.8 Å². The van der Waals surface area contributed by atoms with Crippen molar-refractivity contribution in [2.24, 2.45) is 0 Å². The van der Waals surface area contributed by atoms with E-state index in [9.17, 15) is 0 Å². The predicted molar refractivity (Wildman–Crippen MR) is 103 cm³/mol. The Bertz CT molecular complexity index is 744. The number of pyridine rings is 1. The summed E-state index contributed by atoms with van der Waals surface area (Å²) in [5, 5.41) is 0. The van der Waals surface area contributed by atoms with Crippen molar-refractivity contribution >= 4 is 11.8 Å². The number of anilines is 2. The van der Waals surface area contributed by atoms with Gasteiger partial charge in [0.2, 0.25) is 11.8 Å². The first-order valence-electron chi connectivity index (χ1n) is 9.44. The molecule has 2 saturated heterocycles. The summed E-state index contributed by atoms with van der Waals surface area (Å²) in [4.78, 5) is 20.4. The van der Waals surface area contributed by atoms with Gasteiger partial charge in [0.15, 0.2) is 0 Å². The molecule has 0 saturated carbocycles. The highest BCUT2D eigenvalue weighted by atomic mass is 16.5. The molecule has 2 aliphatic rings. The van der Waals surface area contributed by atoms with Crippen LogP contribution in [0.4, 0.5) is 11.8 Å². The number of rotatable bonds is 5. The maximum atomic E-state index is 5.42. The van der Waals surface area contributed by atoms with E-state index in [1.54, 1.807) is 13.3 Å². The highest BCUT2D eigenvalue weighted by Gasteiger charge is 2.20. The van der Waals surface area contributed by atoms with E-state index >= 15 is 0 Å². The summed E-state index contributed by atoms with van der Waals surface area (Å²) in [5.74, 6) is 2.49. The fraction of sp³-hybridized carbons (Fsp3) is 0.526. The smallest absolute Gasteiger partial charge is 0.227 e. The predicted octanol–water partition coefficient (Wildman–Crippen LogP) is 1.04. The van der Waals surface area contributed by atoms with E-state index in [1.807, 2.05) is 24.4 Å². The third-order valence-electron chi connectivity index (χ3n) is 5.03. The van der Waals surface area contributed by atoms with Gasteiger partial charge in [0.05, 0.1) is 20.3 Å². The number of ether oxygens (including phenoxy) is 2. The Morgan fingerprint density at radius 2 is 1.74 bits per heavy atom. The number of hydrogen-bond donors (Lipinski definition) is 0. The van der Waals surface area contributed by atoms with Gasteiger partial charge in [-0.2, -0.15) is 4.98 Å². The number of aromatic nitrogens is 3. The average Bonchev–Trinajstić information content (AvgIpc) is 2.75. The molecule has 4 rings (SSSR count). The second-order valence-electron chi connectivity index (χ2n) is 6.78. The zero-order valence-corrected chi connectivity index (χ0v) is 15.8. The van der Waals surface area contributed by atoms with Gasteiger partial charge >= 0.3 is 0 Å². The van der Waals surface area contributed by atoms with E-state index in [1.165, 1.54) is 5.56 Å². The second kappa shape index (κ2) is 8.49. The molecule has 2 aliphatic heterocycles. The van der Waals surface area contributed by atoms with Gasteiger partial charge in [-0.05, 0) is 17.7 Å². The van der Waals surface area contributed by atoms with Gasteiger partial charge in [-0.1, -0.05) is 0 Å². The van der Waals surface area contributed by atoms with Crippen molar-refractivity contribution in [2.45, 2.75) is 6.54 Å². The van der Waals surface area contributed by atoms with Crippen LogP contribution in [-0.4, -0.2) is 79.4 Å². The van der Waals surface area contributed by atoms with Crippen LogP contribution in [0.3, 0.4) is 0 Å². The normalized spacial score (nSPS) is 18.6. The summed E-state index contributed by atoms with van der Waals surface area (Å²) in [5.41, 5.74) is 1.23. The van der Waals surface area contributed by atoms with Crippen LogP contribution in [0.25, 0.3) is 0 Å². The third-order valence-corrected chi connectivity index (χ3v) is 5.03. The summed E-state index contributed by atoms with van der Waals surface area (Å²) < 4.78 is 10.6. The van der Waals surface area contributed by atoms with Crippen LogP contribution < -0.4 is 14.5 Å². The molecule has 2 fully saturated rings. The number of methoxy groups -OCH3 is 1. The summed E-state index contributed by atoms with van der Waals surface area (Å²) in [7, 11) is 1.65. The number of piperazine rings is 1. The van der Waals surface area contributed by atoms with Crippen molar-refractivity contribution in [1.82, 2.24) is 19.9 Å². The van der Waals surface area contributed by atoms with Crippen LogP contribution in [0, 0.1) is 0 Å². The Morgan fingerprint density at radius 3 is 2.52 bits per heavy atom. The van der Waals surface area contributed by atoms with Crippen LogP contribution in [0.15, 0.2) is 30.6 Å². The first-order chi connectivity index (χ1) is 13.3. The van der Waals surface area contributed by atoms with E-state index < -0.39 is 0 Å². The number of hydrogen-bond acceptors (Lipinski definition) is 8. The summed E-state index contributed by atoms with van der Waals surface area (Å²) in [6, 6.07) is 6.06. The Labute approximate surface area is 159 Å². The second-order valence-corrected chi connectivity index (χ2v) is 6.78. The Hall–Kier alpha value is -2.45. The van der Waals surface area contributed by atoms with Crippen LogP contribution in [0.2, 0.25) is 0 Å². The molecule has 0 amide bonds. The Morgan fingerprint density at radius 1 is 0.963 bits per heavy atom. The molecule has 27 heavy (non-hydrogen) atoms. The summed E-state index contributed by atoms with van der Waals surface area (Å²) in [6.45, 7) is 8.03. The minimum atomic E-state index is 0.669. The largest absolute Gasteiger partial charge is 0.481 e. The Balaban J connectivity index is 1.35. The molecule has 0 spiro atoms. The molecule has 0 unspecified atom stereocenters. The van der Waals surface area contributed by atoms with E-state index in [2.05, 4.69) is 24.7 Å². The zero-order valence-electron chi connectivity index (χ0n) is 15.8. The van der Waals surface area contributed by atoms with Crippen molar-refractivity contribution in [2.75, 3.05) is 69.4 Å². The highest BCUT2D eigenvalue weighted by Crippen LogP contribution is 2.19. The minimum absolute atomic E-state index is 0.669. The van der Waals surface area contributed by atoms with Gasteiger partial charge in [-0.15, -0.1) is 0 Å². The van der Waals surface area contributed by atoms with Crippen LogP contribution >= 0.6 is 0 Å². The molecule has 8 heteroatoms. The SMILES string of the molecule is COc1cc(CN2CCN(c3ccnc(N4CCOCC4)n3)CC2)ccn1. The molecule has 0 aliphatic carbocycles. The first kappa shape index (κ1) is 17.9. The fourth-order valence-corrected chi connectivity index (χ4v) is 3.48. The Kier molecular flexibility index (Phi) is 5.64. The van der Waals surface area contributed by atoms with E-state index in [0.29, 0.717) is 5.88 Å². The van der Waals surface area contributed by atoms with E-state index in [-0.39, 0.29) is 0 Å². The van der Waals surface area contributed by atoms with Crippen LogP contribution in [-0.2, 0) is 11.3 Å². The van der Waals surface area contributed by atoms with Crippen molar-refractivity contribution in [3.8, 4) is 5.88 Å². The van der Waals surface area contributed by atoms with Gasteiger partial charge in [0.1, 0.15) is 5.82 Å². The molecule has 0 radical (unpaired) electrons. The van der Waals surface area contributed by atoms with Crippen molar-refractivity contribution in [3.63, 3.8) is 0 Å². The molecular weight excluding hydrogens is 344 g/mol. The topological polar surface area (TPSA) is 66.9 Å². The molecule has 8 nitrogen and oxygen atoms in total. The molecule has 144 valence electrons. The molecule has 0 N–H and O–H groups in total. The molecule has 0 aromatic carbocycles. The van der Waals surface area contributed by atoms with E-state index in [4.69, 9.17) is 14.5 Å². The monoisotopic (exact) mass is 370 g/mol. The minimum Gasteiger partial charge on any atom is -0.481 e. The van der Waals surface area contributed by atoms with Crippen molar-refractivity contribution in [1.29, 1.82) is 0 Å². The lowest BCUT2D eigenvalue weighted by atomic mass is 10.2. The number of nitrogens with zero attached hydrogens (tertiary/aromatic N) is 6. The highest BCUT2D eigenvalue weighted by molar-refractivity contribution is 5.44. The van der Waals surface area contributed by atoms with Crippen LogP contribution in [0.1, 0.15) is 5.56 Å². The zero-order chi connectivity index (χ0) is 18.5. The molecule has 0 atom stereocenters. The molecule has 4 heterocycles. The number of morpholine rings is 1. The van der Waals surface area contributed by atoms with Gasteiger partial charge < -0.3 is 19.3 Å². The van der Waals surface area contributed by atoms with Crippen molar-refractivity contribution in [3.05, 3.63) is 36.2 Å². The van der Waals surface area contributed by atoms with Gasteiger partial charge in [0, 0.05) is 64.3 Å². The lowest BCUT2D eigenvalue weighted by Gasteiger charge is -2.36. The van der Waals surface area contributed by atoms with Crippen LogP contribution in [0.5, 0.6) is 5.88 Å². The lowest BCUT2D eigenvalue weighted by Crippen LogP contribution is -2.46. The fourth-order valence-electron chi connectivity index (χ4n) is 3.48. The third kappa shape index (κ3) is 4.45. The van der Waals surface area contributed by atoms with Gasteiger partial charge in [0.25, 0.3) is 0 Å². The van der Waals surface area contributed by atoms with Gasteiger partial charge in [-0.3, -0.25) is 4.90 Å². The summed E-state index contributed by atoms with van der Waals surface area (Å²) >= 11 is 0. The average molecular weight is 370 g/mol. The first-order valence-corrected chi connectivity index (χ1v) is 9.44. The molecule has 2 aromatic heterocycles. The quantitative estimate of drug-likeness (QED) is 0.773. The maximum absolute atomic E-state index is 5.42. The van der Waals surface area contributed by atoms with Crippen molar-refractivity contribution < 1.29 is 9.47 Å². The van der Waals surface area contributed by atoms with Gasteiger partial charge in [-0.25, -0.2) is 9.97 Å². The molecule has 2 aromatic rings. The molecule has 0 bridgehead atoms. The molecular formula is C19H26N6O2.